The zero-order chi connectivity index (χ0) is 23.9. The molecule has 2 heterocycles. The maximum Gasteiger partial charge on any atom is 0.344 e. The van der Waals surface area contributed by atoms with E-state index in [1.54, 1.807) is 13.0 Å². The molecule has 0 atom stereocenters. The molecule has 4 aromatic rings. The van der Waals surface area contributed by atoms with E-state index in [2.05, 4.69) is 15.4 Å². The van der Waals surface area contributed by atoms with Crippen molar-refractivity contribution >= 4 is 12.0 Å². The second-order valence-corrected chi connectivity index (χ2v) is 7.19. The van der Waals surface area contributed by atoms with Crippen LogP contribution in [-0.2, 0) is 16.1 Å². The van der Waals surface area contributed by atoms with Crippen LogP contribution in [0.2, 0.25) is 0 Å². The van der Waals surface area contributed by atoms with Gasteiger partial charge in [-0.1, -0.05) is 53.7 Å². The monoisotopic (exact) mass is 461 g/mol. The van der Waals surface area contributed by atoms with Crippen LogP contribution in [0.1, 0.15) is 24.1 Å². The average Bonchev–Trinajstić information content (AvgIpc) is 3.48. The molecule has 9 nitrogen and oxygen atoms in total. The Kier molecular flexibility index (Phi) is 7.02. The van der Waals surface area contributed by atoms with Crippen LogP contribution >= 0.6 is 0 Å². The van der Waals surface area contributed by atoms with Crippen molar-refractivity contribution in [1.82, 2.24) is 15.4 Å². The molecular weight excluding hydrogens is 438 g/mol. The van der Waals surface area contributed by atoms with Gasteiger partial charge >= 0.3 is 5.97 Å². The highest BCUT2D eigenvalue weighted by atomic mass is 16.6. The smallest absolute Gasteiger partial charge is 0.344 e. The first kappa shape index (κ1) is 22.8. The lowest BCUT2D eigenvalue weighted by Crippen LogP contribution is -2.15. The first-order valence-corrected chi connectivity index (χ1v) is 10.5. The Bertz CT molecular complexity index is 1290. The summed E-state index contributed by atoms with van der Waals surface area (Å²) in [5.74, 6) is 1.26. The van der Waals surface area contributed by atoms with Crippen LogP contribution < -0.4 is 9.47 Å². The summed E-state index contributed by atoms with van der Waals surface area (Å²) in [6.45, 7) is 3.19. The standard InChI is InChI=1S/C25H23N3O6/c1-4-8-17-11-12-19(20(13-17)30-3)31-15-22(29)32-14-21-26-27-25(33-21)23-16(2)34-28-24(23)18-9-6-5-7-10-18/h4-13H,14-15H2,1-3H3/b8-4+. The molecule has 0 amide bonds. The van der Waals surface area contributed by atoms with Crippen molar-refractivity contribution in [2.24, 2.45) is 0 Å². The fourth-order valence-corrected chi connectivity index (χ4v) is 3.25. The first-order chi connectivity index (χ1) is 16.6. The van der Waals surface area contributed by atoms with Gasteiger partial charge in [0.1, 0.15) is 17.0 Å². The number of allylic oxidation sites excluding steroid dienone is 1. The van der Waals surface area contributed by atoms with Crippen LogP contribution in [0.4, 0.5) is 0 Å². The molecular formula is C25H23N3O6. The van der Waals surface area contributed by atoms with Crippen LogP contribution in [0.15, 0.2) is 63.5 Å². The minimum Gasteiger partial charge on any atom is -0.493 e. The highest BCUT2D eigenvalue weighted by Gasteiger charge is 2.22. The fourth-order valence-electron chi connectivity index (χ4n) is 3.25. The van der Waals surface area contributed by atoms with E-state index in [0.717, 1.165) is 11.1 Å². The molecule has 34 heavy (non-hydrogen) atoms. The highest BCUT2D eigenvalue weighted by molar-refractivity contribution is 5.77. The zero-order valence-corrected chi connectivity index (χ0v) is 19.0. The van der Waals surface area contributed by atoms with Gasteiger partial charge in [-0.05, 0) is 31.5 Å². The molecule has 0 aliphatic carbocycles. The summed E-state index contributed by atoms with van der Waals surface area (Å²) in [5, 5.41) is 12.1. The summed E-state index contributed by atoms with van der Waals surface area (Å²) < 4.78 is 27.1. The topological polar surface area (TPSA) is 110 Å². The number of rotatable bonds is 9. The Morgan fingerprint density at radius 3 is 2.68 bits per heavy atom. The molecule has 0 bridgehead atoms. The third-order valence-corrected chi connectivity index (χ3v) is 4.84. The number of carbonyl (C=O) groups is 1. The molecule has 0 saturated heterocycles. The van der Waals surface area contributed by atoms with Crippen LogP contribution in [0, 0.1) is 6.92 Å². The maximum atomic E-state index is 12.2. The number of methoxy groups -OCH3 is 1. The number of benzene rings is 2. The van der Waals surface area contributed by atoms with E-state index in [-0.39, 0.29) is 25.0 Å². The summed E-state index contributed by atoms with van der Waals surface area (Å²) >= 11 is 0. The first-order valence-electron chi connectivity index (χ1n) is 10.5. The van der Waals surface area contributed by atoms with Crippen LogP contribution in [0.5, 0.6) is 11.5 Å². The Morgan fingerprint density at radius 2 is 1.91 bits per heavy atom. The maximum absolute atomic E-state index is 12.2. The number of carbonyl (C=O) groups excluding carboxylic acids is 1. The van der Waals surface area contributed by atoms with Crippen molar-refractivity contribution in [3.05, 3.63) is 71.8 Å². The van der Waals surface area contributed by atoms with Crippen molar-refractivity contribution in [3.63, 3.8) is 0 Å². The summed E-state index contributed by atoms with van der Waals surface area (Å²) in [4.78, 5) is 12.2. The molecule has 0 aliphatic heterocycles. The molecule has 9 heteroatoms. The summed E-state index contributed by atoms with van der Waals surface area (Å²) in [6, 6.07) is 14.9. The lowest BCUT2D eigenvalue weighted by Gasteiger charge is -2.10. The van der Waals surface area contributed by atoms with Gasteiger partial charge < -0.3 is 23.2 Å². The summed E-state index contributed by atoms with van der Waals surface area (Å²) in [6.07, 6.45) is 3.85. The third kappa shape index (κ3) is 5.15. The predicted molar refractivity (Wildman–Crippen MR) is 123 cm³/mol. The van der Waals surface area contributed by atoms with Crippen molar-refractivity contribution < 1.29 is 27.9 Å². The lowest BCUT2D eigenvalue weighted by molar-refractivity contribution is -0.148. The minimum atomic E-state index is -0.592. The number of aryl methyl sites for hydroxylation is 1. The van der Waals surface area contributed by atoms with E-state index in [1.807, 2.05) is 61.5 Å². The van der Waals surface area contributed by atoms with Gasteiger partial charge in [-0.3, -0.25) is 0 Å². The van der Waals surface area contributed by atoms with E-state index >= 15 is 0 Å². The molecule has 0 unspecified atom stereocenters. The molecule has 0 N–H and O–H groups in total. The fraction of sp³-hybridized carbons (Fsp3) is 0.200. The quantitative estimate of drug-likeness (QED) is 0.323. The molecule has 174 valence electrons. The van der Waals surface area contributed by atoms with Crippen molar-refractivity contribution in [2.75, 3.05) is 13.7 Å². The van der Waals surface area contributed by atoms with Gasteiger partial charge in [-0.2, -0.15) is 0 Å². The Hall–Kier alpha value is -4.40. The van der Waals surface area contributed by atoms with Gasteiger partial charge in [0, 0.05) is 5.56 Å². The van der Waals surface area contributed by atoms with Crippen molar-refractivity contribution in [2.45, 2.75) is 20.5 Å². The number of esters is 1. The molecule has 4 rings (SSSR count). The normalized spacial score (nSPS) is 11.0. The van der Waals surface area contributed by atoms with Crippen molar-refractivity contribution in [3.8, 4) is 34.2 Å². The van der Waals surface area contributed by atoms with Gasteiger partial charge in [0.2, 0.25) is 0 Å². The number of nitrogens with zero attached hydrogens (tertiary/aromatic N) is 3. The molecule has 2 aromatic carbocycles. The molecule has 0 fully saturated rings. The largest absolute Gasteiger partial charge is 0.493 e. The third-order valence-electron chi connectivity index (χ3n) is 4.84. The molecule has 0 saturated carbocycles. The van der Waals surface area contributed by atoms with E-state index in [1.165, 1.54) is 7.11 Å². The van der Waals surface area contributed by atoms with Gasteiger partial charge in [-0.25, -0.2) is 4.79 Å². The van der Waals surface area contributed by atoms with E-state index in [0.29, 0.717) is 28.5 Å². The Morgan fingerprint density at radius 1 is 1.09 bits per heavy atom. The number of aromatic nitrogens is 3. The van der Waals surface area contributed by atoms with E-state index in [4.69, 9.17) is 23.2 Å². The van der Waals surface area contributed by atoms with Gasteiger partial charge in [0.15, 0.2) is 24.7 Å². The van der Waals surface area contributed by atoms with Crippen LogP contribution in [0.3, 0.4) is 0 Å². The van der Waals surface area contributed by atoms with Gasteiger partial charge in [-0.15, -0.1) is 10.2 Å². The molecule has 2 aromatic heterocycles. The average molecular weight is 461 g/mol. The molecule has 0 spiro atoms. The van der Waals surface area contributed by atoms with Crippen molar-refractivity contribution in [1.29, 1.82) is 0 Å². The predicted octanol–water partition coefficient (Wildman–Crippen LogP) is 4.86. The van der Waals surface area contributed by atoms with Crippen LogP contribution in [-0.4, -0.2) is 35.0 Å². The van der Waals surface area contributed by atoms with Gasteiger partial charge in [0.05, 0.1) is 7.11 Å². The minimum absolute atomic E-state index is 0.135. The van der Waals surface area contributed by atoms with Gasteiger partial charge in [0.25, 0.3) is 11.8 Å². The second kappa shape index (κ2) is 10.5. The van der Waals surface area contributed by atoms with Crippen LogP contribution in [0.25, 0.3) is 28.8 Å². The zero-order valence-electron chi connectivity index (χ0n) is 19.0. The number of hydrogen-bond acceptors (Lipinski definition) is 9. The van der Waals surface area contributed by atoms with E-state index in [9.17, 15) is 4.79 Å². The Labute approximate surface area is 196 Å². The Balaban J connectivity index is 1.37. The number of hydrogen-bond donors (Lipinski definition) is 0. The molecule has 0 radical (unpaired) electrons. The number of ether oxygens (including phenoxy) is 3. The molecule has 0 aliphatic rings. The highest BCUT2D eigenvalue weighted by Crippen LogP contribution is 2.33. The lowest BCUT2D eigenvalue weighted by atomic mass is 10.1. The van der Waals surface area contributed by atoms with E-state index < -0.39 is 5.97 Å². The SMILES string of the molecule is C/C=C/c1ccc(OCC(=O)OCc2nnc(-c3c(-c4ccccc4)noc3C)o2)c(OC)c1. The second-order valence-electron chi connectivity index (χ2n) is 7.19. The summed E-state index contributed by atoms with van der Waals surface area (Å²) in [5.41, 5.74) is 2.99. The summed E-state index contributed by atoms with van der Waals surface area (Å²) in [7, 11) is 1.54.